The predicted octanol–water partition coefficient (Wildman–Crippen LogP) is 4.26. The van der Waals surface area contributed by atoms with Gasteiger partial charge in [-0.25, -0.2) is 4.68 Å². The lowest BCUT2D eigenvalue weighted by molar-refractivity contribution is 0.492. The third kappa shape index (κ3) is 3.07. The van der Waals surface area contributed by atoms with Gasteiger partial charge in [0.05, 0.1) is 5.69 Å². The Morgan fingerprint density at radius 1 is 1.11 bits per heavy atom. The van der Waals surface area contributed by atoms with Crippen molar-refractivity contribution < 1.29 is 4.43 Å². The molecule has 0 aliphatic carbocycles. The molecular weight excluding hydrogens is 252 g/mol. The minimum absolute atomic E-state index is 0.216. The minimum Gasteiger partial charge on any atom is -0.544 e. The maximum Gasteiger partial charge on any atom is 0.250 e. The average molecular weight is 274 g/mol. The quantitative estimate of drug-likeness (QED) is 0.782. The van der Waals surface area contributed by atoms with E-state index in [1.54, 1.807) is 6.20 Å². The molecular formula is C15H22N2OSi. The summed E-state index contributed by atoms with van der Waals surface area (Å²) in [6.07, 6.45) is 3.71. The topological polar surface area (TPSA) is 27.1 Å². The maximum atomic E-state index is 6.25. The second-order valence-corrected chi connectivity index (χ2v) is 11.0. The van der Waals surface area contributed by atoms with Crippen LogP contribution in [-0.2, 0) is 0 Å². The molecule has 0 fully saturated rings. The molecule has 0 atom stereocenters. The van der Waals surface area contributed by atoms with E-state index in [1.165, 1.54) is 0 Å². The molecule has 2 aromatic rings. The molecule has 1 aromatic carbocycles. The Balaban J connectivity index is 2.16. The fourth-order valence-electron chi connectivity index (χ4n) is 1.54. The van der Waals surface area contributed by atoms with Crippen molar-refractivity contribution in [2.45, 2.75) is 38.9 Å². The van der Waals surface area contributed by atoms with E-state index in [1.807, 2.05) is 41.2 Å². The molecule has 0 N–H and O–H groups in total. The van der Waals surface area contributed by atoms with Crippen LogP contribution in [0.3, 0.4) is 0 Å². The van der Waals surface area contributed by atoms with E-state index in [0.717, 1.165) is 11.4 Å². The summed E-state index contributed by atoms with van der Waals surface area (Å²) in [5, 5.41) is 4.43. The van der Waals surface area contributed by atoms with Crippen LogP contribution in [0.25, 0.3) is 5.69 Å². The van der Waals surface area contributed by atoms with Crippen molar-refractivity contribution in [2.75, 3.05) is 0 Å². The van der Waals surface area contributed by atoms with Crippen LogP contribution < -0.4 is 4.43 Å². The van der Waals surface area contributed by atoms with Crippen LogP contribution >= 0.6 is 0 Å². The van der Waals surface area contributed by atoms with Gasteiger partial charge in [0.25, 0.3) is 0 Å². The van der Waals surface area contributed by atoms with Crippen molar-refractivity contribution in [3.05, 3.63) is 42.7 Å². The first kappa shape index (κ1) is 13.9. The molecule has 2 rings (SSSR count). The van der Waals surface area contributed by atoms with Crippen LogP contribution in [0.15, 0.2) is 42.7 Å². The molecule has 4 heteroatoms. The van der Waals surface area contributed by atoms with Crippen LogP contribution in [0.2, 0.25) is 18.1 Å². The summed E-state index contributed by atoms with van der Waals surface area (Å²) < 4.78 is 8.09. The highest BCUT2D eigenvalue weighted by Gasteiger charge is 2.38. The van der Waals surface area contributed by atoms with Gasteiger partial charge < -0.3 is 4.43 Å². The number of hydrogen-bond donors (Lipinski definition) is 0. The van der Waals surface area contributed by atoms with E-state index in [4.69, 9.17) is 4.43 Å². The standard InChI is InChI=1S/C15H22N2OSi/c1-15(2,3)19(4,5)18-14-9-7-13(8-10-14)17-12-6-11-16-17/h6-12H,1-5H3. The Morgan fingerprint density at radius 3 is 2.21 bits per heavy atom. The molecule has 19 heavy (non-hydrogen) atoms. The van der Waals surface area contributed by atoms with Crippen LogP contribution in [0.1, 0.15) is 20.8 Å². The zero-order valence-electron chi connectivity index (χ0n) is 12.3. The number of rotatable bonds is 3. The average Bonchev–Trinajstić information content (AvgIpc) is 2.81. The molecule has 1 aromatic heterocycles. The Kier molecular flexibility index (Phi) is 3.54. The first-order valence-electron chi connectivity index (χ1n) is 6.59. The zero-order valence-corrected chi connectivity index (χ0v) is 13.3. The van der Waals surface area contributed by atoms with Crippen LogP contribution in [0.5, 0.6) is 5.75 Å². The molecule has 0 unspecified atom stereocenters. The van der Waals surface area contributed by atoms with Crippen molar-refractivity contribution in [3.8, 4) is 11.4 Å². The summed E-state index contributed by atoms with van der Waals surface area (Å²) in [6, 6.07) is 10.0. The molecule has 0 aliphatic rings. The molecule has 0 amide bonds. The van der Waals surface area contributed by atoms with Crippen molar-refractivity contribution in [3.63, 3.8) is 0 Å². The van der Waals surface area contributed by atoms with Crippen molar-refractivity contribution >= 4 is 8.32 Å². The van der Waals surface area contributed by atoms with Gasteiger partial charge in [-0.3, -0.25) is 0 Å². The Bertz CT molecular complexity index is 524. The third-order valence-electron chi connectivity index (χ3n) is 3.78. The van der Waals surface area contributed by atoms with E-state index in [9.17, 15) is 0 Å². The van der Waals surface area contributed by atoms with Crippen LogP contribution in [0, 0.1) is 0 Å². The summed E-state index contributed by atoms with van der Waals surface area (Å²) in [5.41, 5.74) is 1.05. The Labute approximate surface area is 116 Å². The minimum atomic E-state index is -1.75. The van der Waals surface area contributed by atoms with Gasteiger partial charge in [-0.2, -0.15) is 5.10 Å². The van der Waals surface area contributed by atoms with Gasteiger partial charge in [0.1, 0.15) is 5.75 Å². The van der Waals surface area contributed by atoms with Gasteiger partial charge in [0, 0.05) is 12.4 Å². The fraction of sp³-hybridized carbons (Fsp3) is 0.400. The predicted molar refractivity (Wildman–Crippen MR) is 81.4 cm³/mol. The Morgan fingerprint density at radius 2 is 1.74 bits per heavy atom. The molecule has 102 valence electrons. The molecule has 0 spiro atoms. The van der Waals surface area contributed by atoms with E-state index in [0.29, 0.717) is 0 Å². The fourth-order valence-corrected chi connectivity index (χ4v) is 2.57. The van der Waals surface area contributed by atoms with Gasteiger partial charge >= 0.3 is 0 Å². The third-order valence-corrected chi connectivity index (χ3v) is 8.14. The second-order valence-electron chi connectivity index (χ2n) is 6.31. The lowest BCUT2D eigenvalue weighted by Crippen LogP contribution is -2.43. The highest BCUT2D eigenvalue weighted by atomic mass is 28.4. The summed E-state index contributed by atoms with van der Waals surface area (Å²) in [6.45, 7) is 11.3. The molecule has 0 bridgehead atoms. The number of benzene rings is 1. The molecule has 0 saturated heterocycles. The molecule has 3 nitrogen and oxygen atoms in total. The largest absolute Gasteiger partial charge is 0.544 e. The monoisotopic (exact) mass is 274 g/mol. The van der Waals surface area contributed by atoms with Crippen molar-refractivity contribution in [1.82, 2.24) is 9.78 Å². The Hall–Kier alpha value is -1.55. The number of hydrogen-bond acceptors (Lipinski definition) is 2. The summed E-state index contributed by atoms with van der Waals surface area (Å²) >= 11 is 0. The zero-order chi connectivity index (χ0) is 14.1. The van der Waals surface area contributed by atoms with Crippen molar-refractivity contribution in [1.29, 1.82) is 0 Å². The number of aromatic nitrogens is 2. The first-order valence-corrected chi connectivity index (χ1v) is 9.49. The number of nitrogens with zero attached hydrogens (tertiary/aromatic N) is 2. The van der Waals surface area contributed by atoms with E-state index in [-0.39, 0.29) is 5.04 Å². The maximum absolute atomic E-state index is 6.25. The van der Waals surface area contributed by atoms with E-state index >= 15 is 0 Å². The van der Waals surface area contributed by atoms with Gasteiger partial charge in [0.15, 0.2) is 0 Å². The van der Waals surface area contributed by atoms with Crippen LogP contribution in [0.4, 0.5) is 0 Å². The highest BCUT2D eigenvalue weighted by Crippen LogP contribution is 2.37. The summed E-state index contributed by atoms with van der Waals surface area (Å²) in [7, 11) is -1.75. The normalized spacial score (nSPS) is 12.5. The molecule has 0 radical (unpaired) electrons. The second kappa shape index (κ2) is 4.85. The SMILES string of the molecule is CC(C)(C)[Si](C)(C)Oc1ccc(-n2cccn2)cc1. The van der Waals surface area contributed by atoms with Gasteiger partial charge in [-0.1, -0.05) is 20.8 Å². The molecule has 1 heterocycles. The summed E-state index contributed by atoms with van der Waals surface area (Å²) in [4.78, 5) is 0. The van der Waals surface area contributed by atoms with Gasteiger partial charge in [0.2, 0.25) is 8.32 Å². The lowest BCUT2D eigenvalue weighted by atomic mass is 10.2. The van der Waals surface area contributed by atoms with Crippen LogP contribution in [-0.4, -0.2) is 18.1 Å². The lowest BCUT2D eigenvalue weighted by Gasteiger charge is -2.36. The van der Waals surface area contributed by atoms with Crippen molar-refractivity contribution in [2.24, 2.45) is 0 Å². The van der Waals surface area contributed by atoms with Gasteiger partial charge in [-0.05, 0) is 48.5 Å². The van der Waals surface area contributed by atoms with Gasteiger partial charge in [-0.15, -0.1) is 0 Å². The first-order chi connectivity index (χ1) is 8.79. The molecule has 0 aliphatic heterocycles. The van der Waals surface area contributed by atoms with E-state index < -0.39 is 8.32 Å². The smallest absolute Gasteiger partial charge is 0.250 e. The van der Waals surface area contributed by atoms with E-state index in [2.05, 4.69) is 39.0 Å². The molecule has 0 saturated carbocycles. The summed E-state index contributed by atoms with van der Waals surface area (Å²) in [5.74, 6) is 0.947. The highest BCUT2D eigenvalue weighted by molar-refractivity contribution is 6.74.